The summed E-state index contributed by atoms with van der Waals surface area (Å²) in [5, 5.41) is 0.744. The van der Waals surface area contributed by atoms with Crippen molar-refractivity contribution in [2.24, 2.45) is 0 Å². The summed E-state index contributed by atoms with van der Waals surface area (Å²) in [6.07, 6.45) is 0. The first-order valence-electron chi connectivity index (χ1n) is 10.0. The van der Waals surface area contributed by atoms with Crippen LogP contribution < -0.4 is 9.64 Å². The summed E-state index contributed by atoms with van der Waals surface area (Å²) in [5.74, 6) is 0.625. The minimum atomic E-state index is -0.0514. The van der Waals surface area contributed by atoms with Gasteiger partial charge in [-0.25, -0.2) is 4.98 Å². The van der Waals surface area contributed by atoms with Crippen molar-refractivity contribution in [1.82, 2.24) is 9.88 Å². The predicted molar refractivity (Wildman–Crippen MR) is 129 cm³/mol. The molecular weight excluding hydrogens is 418 g/mol. The summed E-state index contributed by atoms with van der Waals surface area (Å²) in [6.45, 7) is 11.8. The number of hydrogen-bond donors (Lipinski definition) is 0. The van der Waals surface area contributed by atoms with Crippen molar-refractivity contribution in [1.29, 1.82) is 0 Å². The van der Waals surface area contributed by atoms with Crippen LogP contribution in [0.2, 0.25) is 0 Å². The summed E-state index contributed by atoms with van der Waals surface area (Å²) in [5.41, 5.74) is 3.94. The van der Waals surface area contributed by atoms with E-state index < -0.39 is 0 Å². The monoisotopic (exact) mass is 447 g/mol. The van der Waals surface area contributed by atoms with Crippen molar-refractivity contribution < 1.29 is 9.53 Å². The molecular formula is C23H30ClN3O2S. The number of aryl methyl sites for hydroxylation is 2. The van der Waals surface area contributed by atoms with Gasteiger partial charge in [-0.1, -0.05) is 37.3 Å². The van der Waals surface area contributed by atoms with E-state index in [9.17, 15) is 4.79 Å². The standard InChI is InChI=1S/C23H29N3O2S.ClH/c1-6-25(7-2)11-12-26(22(27)18-9-8-10-19(15-18)28-5)23-24-20-14-16(3)13-17(4)21(20)29-23;/h8-10,13-15H,6-7,11-12H2,1-5H3;1H. The second kappa shape index (κ2) is 10.8. The first-order valence-corrected chi connectivity index (χ1v) is 10.8. The average molecular weight is 448 g/mol. The lowest BCUT2D eigenvalue weighted by atomic mass is 10.1. The number of aromatic nitrogens is 1. The van der Waals surface area contributed by atoms with E-state index in [0.717, 1.165) is 35.0 Å². The molecule has 0 aliphatic heterocycles. The number of carbonyl (C=O) groups excluding carboxylic acids is 1. The molecule has 1 aromatic heterocycles. The van der Waals surface area contributed by atoms with Gasteiger partial charge in [0.15, 0.2) is 5.13 Å². The molecule has 0 saturated heterocycles. The molecule has 3 rings (SSSR count). The highest BCUT2D eigenvalue weighted by atomic mass is 35.5. The first-order chi connectivity index (χ1) is 14.0. The molecule has 0 radical (unpaired) electrons. The smallest absolute Gasteiger partial charge is 0.260 e. The fraction of sp³-hybridized carbons (Fsp3) is 0.391. The van der Waals surface area contributed by atoms with Gasteiger partial charge in [-0.2, -0.15) is 0 Å². The third-order valence-corrected chi connectivity index (χ3v) is 6.37. The van der Waals surface area contributed by atoms with E-state index in [0.29, 0.717) is 17.9 Å². The average Bonchev–Trinajstić information content (AvgIpc) is 3.15. The molecule has 162 valence electrons. The molecule has 0 spiro atoms. The molecule has 30 heavy (non-hydrogen) atoms. The third kappa shape index (κ3) is 5.31. The van der Waals surface area contributed by atoms with Gasteiger partial charge >= 0.3 is 0 Å². The highest BCUT2D eigenvalue weighted by Gasteiger charge is 2.22. The minimum absolute atomic E-state index is 0. The van der Waals surface area contributed by atoms with E-state index in [2.05, 4.69) is 44.7 Å². The lowest BCUT2D eigenvalue weighted by Gasteiger charge is -2.24. The van der Waals surface area contributed by atoms with Crippen LogP contribution >= 0.6 is 23.7 Å². The van der Waals surface area contributed by atoms with E-state index in [1.807, 2.05) is 23.1 Å². The van der Waals surface area contributed by atoms with Crippen LogP contribution in [0.1, 0.15) is 35.3 Å². The molecule has 0 atom stereocenters. The Labute approximate surface area is 189 Å². The summed E-state index contributed by atoms with van der Waals surface area (Å²) in [4.78, 5) is 22.4. The first kappa shape index (κ1) is 24.1. The summed E-state index contributed by atoms with van der Waals surface area (Å²) >= 11 is 1.58. The van der Waals surface area contributed by atoms with Gasteiger partial charge in [-0.3, -0.25) is 9.69 Å². The van der Waals surface area contributed by atoms with Crippen LogP contribution in [-0.4, -0.2) is 49.1 Å². The van der Waals surface area contributed by atoms with Crippen LogP contribution in [0.3, 0.4) is 0 Å². The second-order valence-corrected chi connectivity index (χ2v) is 8.12. The molecule has 1 heterocycles. The number of ether oxygens (including phenoxy) is 1. The van der Waals surface area contributed by atoms with Crippen molar-refractivity contribution in [2.75, 3.05) is 38.2 Å². The van der Waals surface area contributed by atoms with Gasteiger partial charge in [0, 0.05) is 18.7 Å². The SMILES string of the molecule is CCN(CC)CCN(C(=O)c1cccc(OC)c1)c1nc2cc(C)cc(C)c2s1.Cl. The maximum Gasteiger partial charge on any atom is 0.260 e. The van der Waals surface area contributed by atoms with E-state index in [1.54, 1.807) is 24.5 Å². The van der Waals surface area contributed by atoms with Crippen LogP contribution in [0, 0.1) is 13.8 Å². The van der Waals surface area contributed by atoms with Gasteiger partial charge in [0.25, 0.3) is 5.91 Å². The van der Waals surface area contributed by atoms with Crippen LogP contribution in [-0.2, 0) is 0 Å². The third-order valence-electron chi connectivity index (χ3n) is 5.14. The highest BCUT2D eigenvalue weighted by molar-refractivity contribution is 7.22. The number of amides is 1. The van der Waals surface area contributed by atoms with Gasteiger partial charge < -0.3 is 9.64 Å². The lowest BCUT2D eigenvalue weighted by Crippen LogP contribution is -2.38. The number of rotatable bonds is 8. The number of fused-ring (bicyclic) bond motifs is 1. The van der Waals surface area contributed by atoms with E-state index in [1.165, 1.54) is 11.1 Å². The van der Waals surface area contributed by atoms with E-state index in [4.69, 9.17) is 9.72 Å². The zero-order valence-electron chi connectivity index (χ0n) is 18.3. The number of hydrogen-bond acceptors (Lipinski definition) is 5. The van der Waals surface area contributed by atoms with Gasteiger partial charge in [0.05, 0.1) is 17.3 Å². The van der Waals surface area contributed by atoms with Gasteiger partial charge in [0.1, 0.15) is 5.75 Å². The molecule has 5 nitrogen and oxygen atoms in total. The molecule has 0 saturated carbocycles. The number of methoxy groups -OCH3 is 1. The Kier molecular flexibility index (Phi) is 8.65. The van der Waals surface area contributed by atoms with Crippen molar-refractivity contribution in [3.8, 4) is 5.75 Å². The normalized spacial score (nSPS) is 10.9. The zero-order chi connectivity index (χ0) is 21.0. The topological polar surface area (TPSA) is 45.7 Å². The quantitative estimate of drug-likeness (QED) is 0.468. The highest BCUT2D eigenvalue weighted by Crippen LogP contribution is 2.33. The Morgan fingerprint density at radius 2 is 1.83 bits per heavy atom. The van der Waals surface area contributed by atoms with Crippen molar-refractivity contribution >= 4 is 45.0 Å². The molecule has 0 N–H and O–H groups in total. The second-order valence-electron chi connectivity index (χ2n) is 7.14. The van der Waals surface area contributed by atoms with Crippen LogP contribution in [0.4, 0.5) is 5.13 Å². The van der Waals surface area contributed by atoms with Crippen LogP contribution in [0.5, 0.6) is 5.75 Å². The van der Waals surface area contributed by atoms with Crippen LogP contribution in [0.15, 0.2) is 36.4 Å². The molecule has 1 amide bonds. The maximum atomic E-state index is 13.4. The van der Waals surface area contributed by atoms with E-state index >= 15 is 0 Å². The number of nitrogens with zero attached hydrogens (tertiary/aromatic N) is 3. The fourth-order valence-corrected chi connectivity index (χ4v) is 4.50. The van der Waals surface area contributed by atoms with Gasteiger partial charge in [0.2, 0.25) is 0 Å². The van der Waals surface area contributed by atoms with Crippen molar-refractivity contribution in [3.05, 3.63) is 53.1 Å². The molecule has 0 aliphatic carbocycles. The Morgan fingerprint density at radius 3 is 2.50 bits per heavy atom. The number of likely N-dealkylation sites (N-methyl/N-ethyl adjacent to an activating group) is 1. The van der Waals surface area contributed by atoms with Crippen molar-refractivity contribution in [3.63, 3.8) is 0 Å². The molecule has 0 fully saturated rings. The fourth-order valence-electron chi connectivity index (χ4n) is 3.46. The number of anilines is 1. The molecule has 0 bridgehead atoms. The summed E-state index contributed by atoms with van der Waals surface area (Å²) < 4.78 is 6.44. The minimum Gasteiger partial charge on any atom is -0.497 e. The predicted octanol–water partition coefficient (Wildman–Crippen LogP) is 5.33. The molecule has 0 aliphatic rings. The summed E-state index contributed by atoms with van der Waals surface area (Å²) in [7, 11) is 1.61. The number of benzene rings is 2. The van der Waals surface area contributed by atoms with Crippen molar-refractivity contribution in [2.45, 2.75) is 27.7 Å². The zero-order valence-corrected chi connectivity index (χ0v) is 19.9. The Hall–Kier alpha value is -2.15. The Bertz CT molecular complexity index is 1000. The Morgan fingerprint density at radius 1 is 1.10 bits per heavy atom. The molecule has 0 unspecified atom stereocenters. The largest absolute Gasteiger partial charge is 0.497 e. The number of carbonyl (C=O) groups is 1. The lowest BCUT2D eigenvalue weighted by molar-refractivity contribution is 0.0983. The van der Waals surface area contributed by atoms with Gasteiger partial charge in [-0.05, 0) is 62.3 Å². The van der Waals surface area contributed by atoms with Gasteiger partial charge in [-0.15, -0.1) is 12.4 Å². The molecule has 3 aromatic rings. The molecule has 2 aromatic carbocycles. The maximum absolute atomic E-state index is 13.4. The molecule has 7 heteroatoms. The summed E-state index contributed by atoms with van der Waals surface area (Å²) in [6, 6.07) is 11.6. The Balaban J connectivity index is 0.00000320. The number of halogens is 1. The van der Waals surface area contributed by atoms with Crippen LogP contribution in [0.25, 0.3) is 10.2 Å². The number of thiazole rings is 1. The van der Waals surface area contributed by atoms with E-state index in [-0.39, 0.29) is 18.3 Å².